The van der Waals surface area contributed by atoms with Gasteiger partial charge in [-0.15, -0.1) is 0 Å². The zero-order valence-electron chi connectivity index (χ0n) is 15.2. The van der Waals surface area contributed by atoms with Gasteiger partial charge in [-0.2, -0.15) is 0 Å². The van der Waals surface area contributed by atoms with Crippen LogP contribution in [0.2, 0.25) is 0 Å². The number of hydrogen-bond donors (Lipinski definition) is 0. The molecule has 0 aliphatic carbocycles. The molecule has 1 unspecified atom stereocenters. The van der Waals surface area contributed by atoms with E-state index in [0.717, 1.165) is 14.9 Å². The molecular weight excluding hydrogens is 438 g/mol. The summed E-state index contributed by atoms with van der Waals surface area (Å²) in [5.74, 6) is -1.15. The SMILES string of the molecule is O=C1CC(N(Cc2cccnc2)C(=O)c2ccco2)C(=O)N1c1ccc(Br)cc1. The Morgan fingerprint density at radius 3 is 2.62 bits per heavy atom. The fourth-order valence-electron chi connectivity index (χ4n) is 3.27. The van der Waals surface area contributed by atoms with Gasteiger partial charge in [-0.25, -0.2) is 4.90 Å². The van der Waals surface area contributed by atoms with Gasteiger partial charge < -0.3 is 9.32 Å². The number of amides is 3. The quantitative estimate of drug-likeness (QED) is 0.552. The molecule has 0 N–H and O–H groups in total. The van der Waals surface area contributed by atoms with Crippen molar-refractivity contribution in [1.29, 1.82) is 0 Å². The van der Waals surface area contributed by atoms with Crippen LogP contribution in [0.4, 0.5) is 5.69 Å². The standard InChI is InChI=1S/C21H16BrN3O4/c22-15-5-7-16(8-6-15)25-19(26)11-17(20(25)27)24(13-14-3-1-9-23-12-14)21(28)18-4-2-10-29-18/h1-10,12,17H,11,13H2. The number of pyridine rings is 1. The highest BCUT2D eigenvalue weighted by molar-refractivity contribution is 9.10. The maximum atomic E-state index is 13.2. The second-order valence-corrected chi connectivity index (χ2v) is 7.45. The van der Waals surface area contributed by atoms with Crippen molar-refractivity contribution in [2.45, 2.75) is 19.0 Å². The summed E-state index contributed by atoms with van der Waals surface area (Å²) in [6.07, 6.45) is 4.55. The van der Waals surface area contributed by atoms with Crippen molar-refractivity contribution in [2.24, 2.45) is 0 Å². The van der Waals surface area contributed by atoms with E-state index in [-0.39, 0.29) is 24.6 Å². The predicted molar refractivity (Wildman–Crippen MR) is 108 cm³/mol. The van der Waals surface area contributed by atoms with Crippen molar-refractivity contribution >= 4 is 39.3 Å². The van der Waals surface area contributed by atoms with Crippen LogP contribution in [-0.2, 0) is 16.1 Å². The van der Waals surface area contributed by atoms with Crippen LogP contribution >= 0.6 is 15.9 Å². The van der Waals surface area contributed by atoms with Crippen LogP contribution in [0.15, 0.2) is 76.1 Å². The van der Waals surface area contributed by atoms with Crippen LogP contribution in [0.1, 0.15) is 22.5 Å². The first-order valence-electron chi connectivity index (χ1n) is 8.90. The Hall–Kier alpha value is -3.26. The first kappa shape index (κ1) is 19.1. The van der Waals surface area contributed by atoms with Gasteiger partial charge in [-0.3, -0.25) is 19.4 Å². The predicted octanol–water partition coefficient (Wildman–Crippen LogP) is 3.41. The molecule has 1 aromatic carbocycles. The van der Waals surface area contributed by atoms with E-state index in [9.17, 15) is 14.4 Å². The molecule has 3 amide bonds. The number of carbonyl (C=O) groups excluding carboxylic acids is 3. The second kappa shape index (κ2) is 8.00. The Balaban J connectivity index is 1.66. The third-order valence-electron chi connectivity index (χ3n) is 4.65. The maximum Gasteiger partial charge on any atom is 0.290 e. The van der Waals surface area contributed by atoms with Crippen LogP contribution < -0.4 is 4.90 Å². The largest absolute Gasteiger partial charge is 0.459 e. The van der Waals surface area contributed by atoms with Crippen molar-refractivity contribution in [2.75, 3.05) is 4.90 Å². The van der Waals surface area contributed by atoms with Gasteiger partial charge in [0.05, 0.1) is 18.4 Å². The molecule has 0 bridgehead atoms. The number of rotatable bonds is 5. The van der Waals surface area contributed by atoms with E-state index < -0.39 is 17.9 Å². The van der Waals surface area contributed by atoms with Crippen molar-refractivity contribution in [3.8, 4) is 0 Å². The molecule has 3 aromatic rings. The fourth-order valence-corrected chi connectivity index (χ4v) is 3.54. The second-order valence-electron chi connectivity index (χ2n) is 6.54. The number of benzene rings is 1. The number of carbonyl (C=O) groups is 3. The average Bonchev–Trinajstić information content (AvgIpc) is 3.36. The number of nitrogens with zero attached hydrogens (tertiary/aromatic N) is 3. The summed E-state index contributed by atoms with van der Waals surface area (Å²) in [5.41, 5.74) is 1.22. The molecule has 0 saturated carbocycles. The highest BCUT2D eigenvalue weighted by Gasteiger charge is 2.45. The van der Waals surface area contributed by atoms with E-state index >= 15 is 0 Å². The first-order chi connectivity index (χ1) is 14.0. The highest BCUT2D eigenvalue weighted by Crippen LogP contribution is 2.28. The van der Waals surface area contributed by atoms with E-state index in [1.54, 1.807) is 48.8 Å². The molecule has 1 aliphatic heterocycles. The number of aromatic nitrogens is 1. The molecule has 1 atom stereocenters. The molecule has 2 aromatic heterocycles. The number of halogens is 1. The minimum atomic E-state index is -0.927. The third-order valence-corrected chi connectivity index (χ3v) is 5.18. The van der Waals surface area contributed by atoms with Crippen LogP contribution in [-0.4, -0.2) is 33.6 Å². The number of imide groups is 1. The van der Waals surface area contributed by atoms with Gasteiger partial charge in [0.25, 0.3) is 11.8 Å². The molecule has 8 heteroatoms. The molecule has 4 rings (SSSR count). The summed E-state index contributed by atoms with van der Waals surface area (Å²) < 4.78 is 6.07. The van der Waals surface area contributed by atoms with E-state index in [0.29, 0.717) is 5.69 Å². The molecule has 3 heterocycles. The number of anilines is 1. The van der Waals surface area contributed by atoms with Crippen LogP contribution in [0.25, 0.3) is 0 Å². The van der Waals surface area contributed by atoms with E-state index in [2.05, 4.69) is 20.9 Å². The topological polar surface area (TPSA) is 83.7 Å². The fraction of sp³-hybridized carbons (Fsp3) is 0.143. The van der Waals surface area contributed by atoms with Gasteiger partial charge >= 0.3 is 0 Å². The van der Waals surface area contributed by atoms with Crippen LogP contribution in [0.5, 0.6) is 0 Å². The smallest absolute Gasteiger partial charge is 0.290 e. The zero-order chi connectivity index (χ0) is 20.4. The summed E-state index contributed by atoms with van der Waals surface area (Å²) >= 11 is 3.34. The molecule has 146 valence electrons. The summed E-state index contributed by atoms with van der Waals surface area (Å²) in [5, 5.41) is 0. The molecule has 29 heavy (non-hydrogen) atoms. The van der Waals surface area contributed by atoms with Gasteiger partial charge in [-0.1, -0.05) is 22.0 Å². The lowest BCUT2D eigenvalue weighted by Gasteiger charge is -2.27. The monoisotopic (exact) mass is 453 g/mol. The molecule has 0 radical (unpaired) electrons. The van der Waals surface area contributed by atoms with Gasteiger partial charge in [-0.05, 0) is 48.0 Å². The third kappa shape index (κ3) is 3.84. The molecule has 1 saturated heterocycles. The first-order valence-corrected chi connectivity index (χ1v) is 9.69. The summed E-state index contributed by atoms with van der Waals surface area (Å²) in [4.78, 5) is 45.4. The molecule has 7 nitrogen and oxygen atoms in total. The van der Waals surface area contributed by atoms with Crippen molar-refractivity contribution in [1.82, 2.24) is 9.88 Å². The molecular formula is C21H16BrN3O4. The van der Waals surface area contributed by atoms with Crippen molar-refractivity contribution in [3.63, 3.8) is 0 Å². The Labute approximate surface area is 175 Å². The minimum absolute atomic E-state index is 0.0956. The van der Waals surface area contributed by atoms with E-state index in [1.807, 2.05) is 6.07 Å². The number of furan rings is 1. The summed E-state index contributed by atoms with van der Waals surface area (Å²) in [6.45, 7) is 0.130. The number of hydrogen-bond acceptors (Lipinski definition) is 5. The normalized spacial score (nSPS) is 16.3. The summed E-state index contributed by atoms with van der Waals surface area (Å²) in [7, 11) is 0. The summed E-state index contributed by atoms with van der Waals surface area (Å²) in [6, 6.07) is 12.6. The van der Waals surface area contributed by atoms with Crippen LogP contribution in [0.3, 0.4) is 0 Å². The van der Waals surface area contributed by atoms with Gasteiger partial charge in [0, 0.05) is 23.4 Å². The van der Waals surface area contributed by atoms with Gasteiger partial charge in [0.15, 0.2) is 5.76 Å². The lowest BCUT2D eigenvalue weighted by Crippen LogP contribution is -2.45. The van der Waals surface area contributed by atoms with Gasteiger partial charge in [0.2, 0.25) is 5.91 Å². The van der Waals surface area contributed by atoms with Crippen molar-refractivity contribution in [3.05, 3.63) is 83.0 Å². The Morgan fingerprint density at radius 1 is 1.17 bits per heavy atom. The van der Waals surface area contributed by atoms with Gasteiger partial charge in [0.1, 0.15) is 6.04 Å². The average molecular weight is 454 g/mol. The van der Waals surface area contributed by atoms with E-state index in [1.165, 1.54) is 17.2 Å². The van der Waals surface area contributed by atoms with Crippen molar-refractivity contribution < 1.29 is 18.8 Å². The van der Waals surface area contributed by atoms with E-state index in [4.69, 9.17) is 4.42 Å². The highest BCUT2D eigenvalue weighted by atomic mass is 79.9. The lowest BCUT2D eigenvalue weighted by atomic mass is 10.1. The minimum Gasteiger partial charge on any atom is -0.459 e. The Kier molecular flexibility index (Phi) is 5.26. The molecule has 1 fully saturated rings. The lowest BCUT2D eigenvalue weighted by molar-refractivity contribution is -0.122. The Bertz CT molecular complexity index is 1040. The maximum absolute atomic E-state index is 13.2. The zero-order valence-corrected chi connectivity index (χ0v) is 16.8. The molecule has 1 aliphatic rings. The van der Waals surface area contributed by atoms with Crippen LogP contribution in [0, 0.1) is 0 Å². The molecule has 0 spiro atoms. The Morgan fingerprint density at radius 2 is 1.97 bits per heavy atom.